The predicted molar refractivity (Wildman–Crippen MR) is 126 cm³/mol. The lowest BCUT2D eigenvalue weighted by atomic mass is 10.1. The summed E-state index contributed by atoms with van der Waals surface area (Å²) in [6.45, 7) is -2.44. The van der Waals surface area contributed by atoms with E-state index < -0.39 is 18.4 Å². The molecular formula is C25H26F4N4O4. The highest BCUT2D eigenvalue weighted by molar-refractivity contribution is 6.01. The summed E-state index contributed by atoms with van der Waals surface area (Å²) < 4.78 is 70.7. The van der Waals surface area contributed by atoms with Crippen molar-refractivity contribution in [1.82, 2.24) is 19.6 Å². The topological polar surface area (TPSA) is 77.3 Å². The number of hydrogen-bond donors (Lipinski definition) is 1. The molecule has 198 valence electrons. The van der Waals surface area contributed by atoms with Crippen LogP contribution in [0.3, 0.4) is 0 Å². The molecule has 1 saturated carbocycles. The van der Waals surface area contributed by atoms with Gasteiger partial charge in [-0.25, -0.2) is 13.8 Å². The number of likely N-dealkylation sites (tertiary alicyclic amines) is 1. The van der Waals surface area contributed by atoms with Crippen LogP contribution in [-0.4, -0.2) is 72.1 Å². The van der Waals surface area contributed by atoms with E-state index in [9.17, 15) is 22.4 Å². The second-order valence-electron chi connectivity index (χ2n) is 9.14. The number of carbonyl (C=O) groups excluding carboxylic acids is 1. The number of methoxy groups -OCH3 is 1. The maximum Gasteiger partial charge on any atom is 0.387 e. The van der Waals surface area contributed by atoms with Crippen molar-refractivity contribution in [3.05, 3.63) is 42.2 Å². The number of imidazole rings is 1. The fraction of sp³-hybridized carbons (Fsp3) is 0.440. The van der Waals surface area contributed by atoms with Crippen LogP contribution in [0.4, 0.5) is 17.6 Å². The number of ether oxygens (including phenoxy) is 3. The van der Waals surface area contributed by atoms with Crippen molar-refractivity contribution in [3.63, 3.8) is 0 Å². The third-order valence-corrected chi connectivity index (χ3v) is 6.35. The average molecular weight is 522 g/mol. The Labute approximate surface area is 210 Å². The Hall–Kier alpha value is -3.54. The third kappa shape index (κ3) is 5.74. The molecular weight excluding hydrogens is 496 g/mol. The highest BCUT2D eigenvalue weighted by Gasteiger charge is 2.37. The van der Waals surface area contributed by atoms with Crippen LogP contribution in [0.25, 0.3) is 16.9 Å². The molecule has 2 aromatic heterocycles. The zero-order valence-electron chi connectivity index (χ0n) is 20.1. The van der Waals surface area contributed by atoms with Gasteiger partial charge in [0.05, 0.1) is 25.5 Å². The number of halogens is 4. The molecule has 1 amide bonds. The Bertz CT molecular complexity index is 1300. The first kappa shape index (κ1) is 25.1. The molecule has 1 aromatic carbocycles. The van der Waals surface area contributed by atoms with Crippen LogP contribution in [-0.2, 0) is 0 Å². The second-order valence-corrected chi connectivity index (χ2v) is 9.14. The normalized spacial score (nSPS) is 17.4. The number of nitrogens with one attached hydrogen (secondary N) is 1. The smallest absolute Gasteiger partial charge is 0.387 e. The maximum atomic E-state index is 13.3. The largest absolute Gasteiger partial charge is 0.496 e. The van der Waals surface area contributed by atoms with Gasteiger partial charge in [0.25, 0.3) is 11.8 Å². The van der Waals surface area contributed by atoms with Gasteiger partial charge in [-0.05, 0) is 31.0 Å². The molecule has 12 heteroatoms. The van der Waals surface area contributed by atoms with Crippen LogP contribution in [0.5, 0.6) is 17.2 Å². The van der Waals surface area contributed by atoms with E-state index in [0.717, 1.165) is 12.8 Å². The Balaban J connectivity index is 1.37. The lowest BCUT2D eigenvalue weighted by molar-refractivity contribution is -0.0502. The summed E-state index contributed by atoms with van der Waals surface area (Å²) in [6, 6.07) is 6.33. The Morgan fingerprint density at radius 1 is 1.24 bits per heavy atom. The molecule has 0 bridgehead atoms. The molecule has 0 atom stereocenters. The molecule has 3 heterocycles. The first-order chi connectivity index (χ1) is 17.7. The van der Waals surface area contributed by atoms with Gasteiger partial charge in [0.1, 0.15) is 35.1 Å². The quantitative estimate of drug-likeness (QED) is 0.402. The van der Waals surface area contributed by atoms with Crippen molar-refractivity contribution in [2.24, 2.45) is 0 Å². The Kier molecular flexibility index (Phi) is 6.84. The van der Waals surface area contributed by atoms with Crippen molar-refractivity contribution in [2.75, 3.05) is 33.4 Å². The molecule has 0 spiro atoms. The molecule has 5 rings (SSSR count). The highest BCUT2D eigenvalue weighted by Crippen LogP contribution is 2.37. The van der Waals surface area contributed by atoms with Crippen molar-refractivity contribution < 1.29 is 36.6 Å². The maximum absolute atomic E-state index is 13.3. The summed E-state index contributed by atoms with van der Waals surface area (Å²) in [5, 5.41) is 2.77. The molecule has 1 aliphatic carbocycles. The zero-order chi connectivity index (χ0) is 26.2. The van der Waals surface area contributed by atoms with Gasteiger partial charge in [-0.3, -0.25) is 14.1 Å². The van der Waals surface area contributed by atoms with Crippen molar-refractivity contribution in [2.45, 2.75) is 37.8 Å². The van der Waals surface area contributed by atoms with E-state index >= 15 is 0 Å². The van der Waals surface area contributed by atoms with Gasteiger partial charge in [0.2, 0.25) is 0 Å². The summed E-state index contributed by atoms with van der Waals surface area (Å²) in [5.74, 6) is -2.88. The minimum Gasteiger partial charge on any atom is -0.496 e. The van der Waals surface area contributed by atoms with Crippen LogP contribution in [0, 0.1) is 0 Å². The van der Waals surface area contributed by atoms with E-state index in [1.54, 1.807) is 39.9 Å². The van der Waals surface area contributed by atoms with Crippen molar-refractivity contribution in [1.29, 1.82) is 0 Å². The number of benzene rings is 1. The minimum absolute atomic E-state index is 0.0164. The van der Waals surface area contributed by atoms with Crippen LogP contribution >= 0.6 is 0 Å². The first-order valence-electron chi connectivity index (χ1n) is 11.9. The predicted octanol–water partition coefficient (Wildman–Crippen LogP) is 4.22. The van der Waals surface area contributed by atoms with Crippen LogP contribution < -0.4 is 19.5 Å². The van der Waals surface area contributed by atoms with Gasteiger partial charge in [-0.2, -0.15) is 8.78 Å². The minimum atomic E-state index is -3.14. The number of amides is 1. The van der Waals surface area contributed by atoms with E-state index in [4.69, 9.17) is 14.2 Å². The molecule has 3 aromatic rings. The number of carbonyl (C=O) groups is 1. The zero-order valence-corrected chi connectivity index (χ0v) is 20.1. The molecule has 2 fully saturated rings. The summed E-state index contributed by atoms with van der Waals surface area (Å²) in [4.78, 5) is 18.8. The van der Waals surface area contributed by atoms with Crippen molar-refractivity contribution >= 4 is 11.6 Å². The number of pyridine rings is 1. The van der Waals surface area contributed by atoms with Gasteiger partial charge in [-0.1, -0.05) is 0 Å². The molecule has 0 unspecified atom stereocenters. The van der Waals surface area contributed by atoms with E-state index in [1.165, 1.54) is 13.2 Å². The van der Waals surface area contributed by atoms with E-state index in [-0.39, 0.29) is 42.7 Å². The number of alkyl halides is 4. The summed E-state index contributed by atoms with van der Waals surface area (Å²) in [5.41, 5.74) is 1.42. The second kappa shape index (κ2) is 10.1. The molecule has 1 saturated heterocycles. The molecule has 0 radical (unpaired) electrons. The van der Waals surface area contributed by atoms with Crippen molar-refractivity contribution in [3.8, 4) is 28.5 Å². The number of nitrogens with zero attached hydrogens (tertiary/aromatic N) is 3. The monoisotopic (exact) mass is 522 g/mol. The van der Waals surface area contributed by atoms with Crippen LogP contribution in [0.1, 0.15) is 29.6 Å². The number of fused-ring (bicyclic) bond motifs is 1. The number of rotatable bonds is 10. The Morgan fingerprint density at radius 2 is 2.03 bits per heavy atom. The molecule has 1 N–H and O–H groups in total. The van der Waals surface area contributed by atoms with Crippen LogP contribution in [0.2, 0.25) is 0 Å². The van der Waals surface area contributed by atoms with Gasteiger partial charge in [-0.15, -0.1) is 0 Å². The summed E-state index contributed by atoms with van der Waals surface area (Å²) in [6.07, 6.45) is 4.77. The Morgan fingerprint density at radius 3 is 2.70 bits per heavy atom. The lowest BCUT2D eigenvalue weighted by Crippen LogP contribution is -2.29. The van der Waals surface area contributed by atoms with E-state index in [1.807, 2.05) is 0 Å². The first-order valence-corrected chi connectivity index (χ1v) is 11.9. The average Bonchev–Trinajstić information content (AvgIpc) is 3.44. The fourth-order valence-corrected chi connectivity index (χ4v) is 4.35. The lowest BCUT2D eigenvalue weighted by Gasteiger charge is -2.17. The number of aromatic nitrogens is 2. The van der Waals surface area contributed by atoms with Gasteiger partial charge >= 0.3 is 6.61 Å². The summed E-state index contributed by atoms with van der Waals surface area (Å²) >= 11 is 0. The van der Waals surface area contributed by atoms with Gasteiger partial charge in [0, 0.05) is 43.4 Å². The molecule has 1 aliphatic heterocycles. The third-order valence-electron chi connectivity index (χ3n) is 6.35. The van der Waals surface area contributed by atoms with E-state index in [0.29, 0.717) is 35.7 Å². The molecule has 2 aliphatic rings. The summed E-state index contributed by atoms with van der Waals surface area (Å²) in [7, 11) is 1.35. The SMILES string of the molecule is COc1cc(-c2cnc3cc(OCCN4CCC(F)(F)C4)ccn23)cc(OC(F)F)c1C(=O)NC1CC1. The standard InChI is InChI=1S/C25H26F4N4O4/c1-35-19-10-15(11-20(37-24(26)27)22(19)23(34)31-16-2-3-16)18-13-30-21-12-17(4-6-33(18)21)36-9-8-32-7-5-25(28,29)14-32/h4,6,10-13,16,24H,2-3,5,7-9,14H2,1H3,(H,31,34). The fourth-order valence-electron chi connectivity index (χ4n) is 4.35. The molecule has 8 nitrogen and oxygen atoms in total. The highest BCUT2D eigenvalue weighted by atomic mass is 19.3. The number of hydrogen-bond acceptors (Lipinski definition) is 6. The van der Waals surface area contributed by atoms with E-state index in [2.05, 4.69) is 10.3 Å². The van der Waals surface area contributed by atoms with Gasteiger partial charge in [0.15, 0.2) is 0 Å². The molecule has 37 heavy (non-hydrogen) atoms. The van der Waals surface area contributed by atoms with Gasteiger partial charge < -0.3 is 19.5 Å². The van der Waals surface area contributed by atoms with Crippen LogP contribution in [0.15, 0.2) is 36.7 Å².